The third-order valence-electron chi connectivity index (χ3n) is 15.8. The number of hydrogen-bond donors (Lipinski definition) is 1. The Hall–Kier alpha value is -11.9. The number of hydrogen-bond acceptors (Lipinski definition) is 7. The summed E-state index contributed by atoms with van der Waals surface area (Å²) in [6, 6.07) is 61.7. The minimum atomic E-state index is 0.562. The van der Waals surface area contributed by atoms with E-state index in [1.54, 1.807) is 43.4 Å². The van der Waals surface area contributed by atoms with E-state index in [2.05, 4.69) is 222 Å². The zero-order chi connectivity index (χ0) is 56.8. The molecule has 0 aliphatic heterocycles. The maximum Gasteiger partial charge on any atom is 0.135 e. The highest BCUT2D eigenvalue weighted by Crippen LogP contribution is 2.42. The lowest BCUT2D eigenvalue weighted by molar-refractivity contribution is 0.669. The van der Waals surface area contributed by atoms with Crippen LogP contribution < -0.4 is 5.73 Å². The van der Waals surface area contributed by atoms with Crippen LogP contribution in [0.3, 0.4) is 0 Å². The average Bonchev–Trinajstić information content (AvgIpc) is 2.44. The zero-order valence-electron chi connectivity index (χ0n) is 45.9. The molecule has 13 aromatic rings. The first-order valence-corrected chi connectivity index (χ1v) is 28.0. The Bertz CT molecular complexity index is 5240. The van der Waals surface area contributed by atoms with Crippen LogP contribution in [0.2, 0.25) is 0 Å². The van der Waals surface area contributed by atoms with Crippen LogP contribution in [0, 0.1) is 0 Å². The number of aromatic nitrogens is 6. The number of nitrogens with zero attached hydrogens (tertiary/aromatic N) is 7. The lowest BCUT2D eigenvalue weighted by Gasteiger charge is -2.11. The van der Waals surface area contributed by atoms with E-state index in [1.165, 1.54) is 0 Å². The highest BCUT2D eigenvalue weighted by atomic mass is 16.3. The molecule has 398 valence electrons. The molecule has 15 rings (SSSR count). The summed E-state index contributed by atoms with van der Waals surface area (Å²) in [5.41, 5.74) is 43.7. The first-order chi connectivity index (χ1) is 42.0. The quantitative estimate of drug-likeness (QED) is 0.108. The van der Waals surface area contributed by atoms with Crippen molar-refractivity contribution in [3.05, 3.63) is 294 Å². The van der Waals surface area contributed by atoms with Crippen molar-refractivity contribution in [2.75, 3.05) is 0 Å². The Kier molecular flexibility index (Phi) is 12.5. The SMILES string of the molecule is CC=N/C=C(\N)c1ccccc1C1=C=Cc2c3c(n(-c4ccccc4)c2C=C=C1)C=C=CC(c1ccc2oc4ccc(-n5c6ccc(-c7cccc(-c8cnccn8)c7)cc6c6cc(-c7ccccc7-c7cnccn7)ccc65)cc4c2c1)=C=C3. The highest BCUT2D eigenvalue weighted by Gasteiger charge is 2.22. The van der Waals surface area contributed by atoms with Crippen LogP contribution >= 0.6 is 0 Å². The van der Waals surface area contributed by atoms with Crippen LogP contribution in [-0.2, 0) is 0 Å². The number of fused-ring (bicyclic) bond motifs is 9. The van der Waals surface area contributed by atoms with Gasteiger partial charge >= 0.3 is 0 Å². The van der Waals surface area contributed by atoms with Crippen LogP contribution in [0.1, 0.15) is 46.1 Å². The zero-order valence-corrected chi connectivity index (χ0v) is 45.9. The number of furan rings is 1. The molecule has 2 N–H and O–H groups in total. The van der Waals surface area contributed by atoms with E-state index in [-0.39, 0.29) is 0 Å². The molecule has 0 spiro atoms. The minimum Gasteiger partial charge on any atom is -0.456 e. The molecule has 0 radical (unpaired) electrons. The van der Waals surface area contributed by atoms with Gasteiger partial charge in [-0.1, -0.05) is 97.1 Å². The maximum atomic E-state index is 6.62. The second-order valence-corrected chi connectivity index (χ2v) is 20.7. The molecule has 2 aliphatic rings. The van der Waals surface area contributed by atoms with Crippen LogP contribution in [0.4, 0.5) is 0 Å². The average molecular weight is 1090 g/mol. The molecule has 2 aliphatic carbocycles. The van der Waals surface area contributed by atoms with Crippen LogP contribution in [0.25, 0.3) is 141 Å². The molecule has 0 unspecified atom stereocenters. The van der Waals surface area contributed by atoms with E-state index >= 15 is 0 Å². The summed E-state index contributed by atoms with van der Waals surface area (Å²) in [6.45, 7) is 1.87. The molecule has 5 aromatic heterocycles. The monoisotopic (exact) mass is 1090 g/mol. The summed E-state index contributed by atoms with van der Waals surface area (Å²) in [7, 11) is 0. The Morgan fingerprint density at radius 1 is 0.471 bits per heavy atom. The third kappa shape index (κ3) is 9.03. The molecule has 0 bridgehead atoms. The standard InChI is InChI=1S/C76H48N8O/c1-2-78-46-68(77)60-21-8-6-19-58(60)50-14-12-24-72-63(32-26-50)62-31-25-49(13-11-23-71(62)83(72)56-17-4-3-5-18-56)52-29-35-75-66(43-52)67-45-57(30-36-76(67)85-75)84-73-33-27-53(51-15-10-16-55(41-51)69-47-79-37-39-81-69)42-64(73)65-44-54(28-34-74(65)84)59-20-7-9-22-61(59)70-48-80-38-40-82-70/h2-10,13-24,27-48H,77H2,1H3/b68-46-,78-2?. The molecule has 85 heavy (non-hydrogen) atoms. The number of rotatable bonds is 10. The van der Waals surface area contributed by atoms with Crippen LogP contribution in [0.15, 0.2) is 264 Å². The molecular weight excluding hydrogens is 1040 g/mol. The number of aliphatic imine (C=N–C) groups is 1. The van der Waals surface area contributed by atoms with Gasteiger partial charge in [0.15, 0.2) is 0 Å². The van der Waals surface area contributed by atoms with E-state index in [4.69, 9.17) is 15.1 Å². The largest absolute Gasteiger partial charge is 0.456 e. The molecule has 0 fully saturated rings. The fourth-order valence-corrected chi connectivity index (χ4v) is 11.8. The number of para-hydroxylation sites is 1. The molecule has 0 saturated heterocycles. The Morgan fingerprint density at radius 3 is 1.81 bits per heavy atom. The van der Waals surface area contributed by atoms with Gasteiger partial charge in [-0.2, -0.15) is 0 Å². The lowest BCUT2D eigenvalue weighted by Crippen LogP contribution is -2.00. The Labute approximate surface area is 489 Å². The van der Waals surface area contributed by atoms with Crippen molar-refractivity contribution in [2.45, 2.75) is 6.92 Å². The third-order valence-corrected chi connectivity index (χ3v) is 15.8. The van der Waals surface area contributed by atoms with Crippen molar-refractivity contribution in [2.24, 2.45) is 10.7 Å². The van der Waals surface area contributed by atoms with Crippen molar-refractivity contribution < 1.29 is 4.42 Å². The Morgan fingerprint density at radius 2 is 1.07 bits per heavy atom. The predicted octanol–water partition coefficient (Wildman–Crippen LogP) is 17.8. The van der Waals surface area contributed by atoms with Gasteiger partial charge < -0.3 is 19.3 Å². The second kappa shape index (κ2) is 21.2. The summed E-state index contributed by atoms with van der Waals surface area (Å²) < 4.78 is 11.2. The lowest BCUT2D eigenvalue weighted by atomic mass is 9.96. The van der Waals surface area contributed by atoms with Crippen molar-refractivity contribution in [1.82, 2.24) is 29.1 Å². The van der Waals surface area contributed by atoms with E-state index in [1.807, 2.05) is 55.6 Å². The number of nitrogens with two attached hydrogens (primary N) is 1. The van der Waals surface area contributed by atoms with Crippen molar-refractivity contribution >= 4 is 91.1 Å². The normalized spacial score (nSPS) is 12.9. The van der Waals surface area contributed by atoms with Gasteiger partial charge in [-0.3, -0.25) is 24.9 Å². The summed E-state index contributed by atoms with van der Waals surface area (Å²) in [6.07, 6.45) is 26.1. The summed E-state index contributed by atoms with van der Waals surface area (Å²) in [5.74, 6) is 0. The highest BCUT2D eigenvalue weighted by molar-refractivity contribution is 6.13. The van der Waals surface area contributed by atoms with Gasteiger partial charge in [0.25, 0.3) is 0 Å². The maximum absolute atomic E-state index is 6.62. The molecule has 0 atom stereocenters. The predicted molar refractivity (Wildman–Crippen MR) is 347 cm³/mol. The summed E-state index contributed by atoms with van der Waals surface area (Å²) in [4.78, 5) is 22.3. The van der Waals surface area contributed by atoms with E-state index in [0.29, 0.717) is 5.70 Å². The molecule has 9 nitrogen and oxygen atoms in total. The molecule has 8 aromatic carbocycles. The van der Waals surface area contributed by atoms with Gasteiger partial charge in [-0.05, 0) is 143 Å². The summed E-state index contributed by atoms with van der Waals surface area (Å²) >= 11 is 0. The summed E-state index contributed by atoms with van der Waals surface area (Å²) in [5, 5.41) is 4.23. The van der Waals surface area contributed by atoms with E-state index in [0.717, 1.165) is 150 Å². The van der Waals surface area contributed by atoms with Crippen molar-refractivity contribution in [3.63, 3.8) is 0 Å². The fraction of sp³-hybridized carbons (Fsp3) is 0.0132. The number of benzene rings is 8. The minimum absolute atomic E-state index is 0.562. The number of allylic oxidation sites excluding steroid dienone is 4. The van der Waals surface area contributed by atoms with Gasteiger partial charge in [-0.15, -0.1) is 22.9 Å². The molecule has 0 amide bonds. The second-order valence-electron chi connectivity index (χ2n) is 20.7. The molecule has 5 heterocycles. The van der Waals surface area contributed by atoms with Gasteiger partial charge in [0.2, 0.25) is 0 Å². The smallest absolute Gasteiger partial charge is 0.135 e. The van der Waals surface area contributed by atoms with Crippen molar-refractivity contribution in [3.8, 4) is 56.1 Å². The van der Waals surface area contributed by atoms with Gasteiger partial charge in [0, 0.05) is 121 Å². The molecule has 9 heteroatoms. The first-order valence-electron chi connectivity index (χ1n) is 28.0. The van der Waals surface area contributed by atoms with Crippen LogP contribution in [-0.4, -0.2) is 35.3 Å². The van der Waals surface area contributed by atoms with Crippen molar-refractivity contribution in [1.29, 1.82) is 0 Å². The topological polar surface area (TPSA) is 113 Å². The van der Waals surface area contributed by atoms with Gasteiger partial charge in [-0.25, -0.2) is 0 Å². The van der Waals surface area contributed by atoms with Crippen LogP contribution in [0.5, 0.6) is 0 Å². The Balaban J connectivity index is 0.864. The van der Waals surface area contributed by atoms with E-state index < -0.39 is 0 Å². The van der Waals surface area contributed by atoms with Gasteiger partial charge in [0.1, 0.15) is 11.2 Å². The molecule has 0 saturated carbocycles. The van der Waals surface area contributed by atoms with E-state index in [9.17, 15) is 0 Å². The first kappa shape index (κ1) is 50.1. The fourth-order valence-electron chi connectivity index (χ4n) is 11.8. The molecular formula is C76H48N8O. The van der Waals surface area contributed by atoms with Gasteiger partial charge in [0.05, 0.1) is 51.9 Å².